The van der Waals surface area contributed by atoms with Gasteiger partial charge in [-0.25, -0.2) is 8.42 Å². The Bertz CT molecular complexity index is 712. The fraction of sp³-hybridized carbons (Fsp3) is 0.250. The zero-order valence-electron chi connectivity index (χ0n) is 10.9. The second-order valence-electron chi connectivity index (χ2n) is 4.30. The fourth-order valence-corrected chi connectivity index (χ4v) is 2.91. The summed E-state index contributed by atoms with van der Waals surface area (Å²) in [4.78, 5) is 0.117. The van der Waals surface area contributed by atoms with Crippen LogP contribution in [0.25, 0.3) is 0 Å². The Labute approximate surface area is 126 Å². The van der Waals surface area contributed by atoms with E-state index < -0.39 is 10.0 Å². The number of halogens is 1. The number of nitrogens with zero attached hydrogens (tertiary/aromatic N) is 2. The number of hydrogen-bond donors (Lipinski definition) is 2. The molecule has 1 aromatic heterocycles. The molecule has 1 heterocycles. The molecule has 8 heteroatoms. The molecule has 0 radical (unpaired) electrons. The molecule has 0 fully saturated rings. The molecule has 0 unspecified atom stereocenters. The van der Waals surface area contributed by atoms with Gasteiger partial charge in [-0.05, 0) is 30.7 Å². The second-order valence-corrected chi connectivity index (χ2v) is 6.83. The van der Waals surface area contributed by atoms with E-state index in [4.69, 9.17) is 5.73 Å². The molecular formula is C12H15BrN4O2S. The normalized spacial score (nSPS) is 11.6. The lowest BCUT2D eigenvalue weighted by atomic mass is 10.2. The first-order chi connectivity index (χ1) is 9.42. The molecule has 2 rings (SSSR count). The van der Waals surface area contributed by atoms with Crippen molar-refractivity contribution >= 4 is 31.6 Å². The number of hydrogen-bond acceptors (Lipinski definition) is 4. The van der Waals surface area contributed by atoms with Gasteiger partial charge in [-0.1, -0.05) is 15.9 Å². The van der Waals surface area contributed by atoms with Gasteiger partial charge in [0, 0.05) is 22.9 Å². The van der Waals surface area contributed by atoms with E-state index in [1.807, 2.05) is 6.92 Å². The lowest BCUT2D eigenvalue weighted by Crippen LogP contribution is -2.13. The van der Waals surface area contributed by atoms with Gasteiger partial charge in [-0.2, -0.15) is 5.10 Å². The summed E-state index contributed by atoms with van der Waals surface area (Å²) in [5.41, 5.74) is 6.86. The molecule has 0 amide bonds. The molecule has 0 atom stereocenters. The Morgan fingerprint density at radius 3 is 2.85 bits per heavy atom. The van der Waals surface area contributed by atoms with Crippen molar-refractivity contribution in [3.05, 3.63) is 40.6 Å². The predicted octanol–water partition coefficient (Wildman–Crippen LogP) is 1.71. The summed E-state index contributed by atoms with van der Waals surface area (Å²) in [7, 11) is -3.63. The Morgan fingerprint density at radius 1 is 1.45 bits per heavy atom. The van der Waals surface area contributed by atoms with Gasteiger partial charge >= 0.3 is 0 Å². The van der Waals surface area contributed by atoms with Gasteiger partial charge < -0.3 is 5.73 Å². The van der Waals surface area contributed by atoms with E-state index in [0.29, 0.717) is 18.8 Å². The number of benzene rings is 1. The van der Waals surface area contributed by atoms with E-state index in [0.717, 1.165) is 10.0 Å². The lowest BCUT2D eigenvalue weighted by Gasteiger charge is -2.07. The maximum atomic E-state index is 12.2. The van der Waals surface area contributed by atoms with Crippen LogP contribution < -0.4 is 10.5 Å². The molecule has 0 saturated heterocycles. The second kappa shape index (κ2) is 5.94. The molecule has 0 aliphatic heterocycles. The van der Waals surface area contributed by atoms with Crippen LogP contribution in [-0.4, -0.2) is 24.7 Å². The zero-order chi connectivity index (χ0) is 14.8. The van der Waals surface area contributed by atoms with Crippen molar-refractivity contribution in [1.82, 2.24) is 9.78 Å². The van der Waals surface area contributed by atoms with Crippen LogP contribution in [0.5, 0.6) is 0 Å². The summed E-state index contributed by atoms with van der Waals surface area (Å²) in [6, 6.07) is 5.25. The molecule has 0 aliphatic carbocycles. The Kier molecular flexibility index (Phi) is 4.46. The van der Waals surface area contributed by atoms with Crippen molar-refractivity contribution in [3.63, 3.8) is 0 Å². The van der Waals surface area contributed by atoms with Crippen molar-refractivity contribution in [2.24, 2.45) is 5.73 Å². The maximum Gasteiger partial charge on any atom is 0.265 e. The Balaban J connectivity index is 2.23. The average Bonchev–Trinajstić information content (AvgIpc) is 2.83. The van der Waals surface area contributed by atoms with Crippen molar-refractivity contribution in [2.75, 3.05) is 11.3 Å². The quantitative estimate of drug-likeness (QED) is 0.851. The highest BCUT2D eigenvalue weighted by atomic mass is 79.9. The summed E-state index contributed by atoms with van der Waals surface area (Å²) in [6.07, 6.45) is 2.77. The van der Waals surface area contributed by atoms with E-state index in [-0.39, 0.29) is 4.90 Å². The minimum absolute atomic E-state index is 0.117. The smallest absolute Gasteiger partial charge is 0.265 e. The van der Waals surface area contributed by atoms with E-state index >= 15 is 0 Å². The van der Waals surface area contributed by atoms with Crippen LogP contribution in [-0.2, 0) is 16.6 Å². The molecule has 0 spiro atoms. The van der Waals surface area contributed by atoms with E-state index in [1.54, 1.807) is 18.2 Å². The molecule has 6 nitrogen and oxygen atoms in total. The van der Waals surface area contributed by atoms with E-state index in [9.17, 15) is 8.42 Å². The number of nitrogens with one attached hydrogen (secondary N) is 1. The molecular weight excluding hydrogens is 344 g/mol. The molecule has 3 N–H and O–H groups in total. The largest absolute Gasteiger partial charge is 0.329 e. The highest BCUT2D eigenvalue weighted by molar-refractivity contribution is 9.10. The van der Waals surface area contributed by atoms with Gasteiger partial charge in [0.15, 0.2) is 0 Å². The number of nitrogens with two attached hydrogens (primary N) is 1. The van der Waals surface area contributed by atoms with Crippen molar-refractivity contribution in [3.8, 4) is 0 Å². The van der Waals surface area contributed by atoms with Gasteiger partial charge in [0.2, 0.25) is 0 Å². The third-order valence-corrected chi connectivity index (χ3v) is 4.91. The van der Waals surface area contributed by atoms with Gasteiger partial charge in [-0.15, -0.1) is 0 Å². The fourth-order valence-electron chi connectivity index (χ4n) is 1.66. The van der Waals surface area contributed by atoms with Crippen molar-refractivity contribution < 1.29 is 8.42 Å². The van der Waals surface area contributed by atoms with Crippen LogP contribution in [0.3, 0.4) is 0 Å². The van der Waals surface area contributed by atoms with Gasteiger partial charge in [0.25, 0.3) is 10.0 Å². The molecule has 2 aromatic rings. The molecule has 20 heavy (non-hydrogen) atoms. The van der Waals surface area contributed by atoms with Crippen LogP contribution in [0, 0.1) is 6.92 Å². The molecule has 108 valence electrons. The first kappa shape index (κ1) is 15.0. The van der Waals surface area contributed by atoms with Crippen LogP contribution in [0.1, 0.15) is 5.56 Å². The summed E-state index contributed by atoms with van der Waals surface area (Å²) in [5, 5.41) is 3.96. The molecule has 0 bridgehead atoms. The third kappa shape index (κ3) is 3.38. The van der Waals surface area contributed by atoms with Crippen molar-refractivity contribution in [2.45, 2.75) is 18.4 Å². The molecule has 0 saturated carbocycles. The number of aryl methyl sites for hydroxylation is 1. The first-order valence-electron chi connectivity index (χ1n) is 5.94. The minimum atomic E-state index is -3.63. The zero-order valence-corrected chi connectivity index (χ0v) is 13.3. The molecule has 1 aromatic carbocycles. The summed E-state index contributed by atoms with van der Waals surface area (Å²) in [6.45, 7) is 2.77. The highest BCUT2D eigenvalue weighted by Crippen LogP contribution is 2.22. The number of anilines is 1. The first-order valence-corrected chi connectivity index (χ1v) is 8.21. The van der Waals surface area contributed by atoms with Crippen LogP contribution in [0.4, 0.5) is 5.69 Å². The van der Waals surface area contributed by atoms with Crippen LogP contribution in [0.2, 0.25) is 0 Å². The maximum absolute atomic E-state index is 12.2. The minimum Gasteiger partial charge on any atom is -0.329 e. The standard InChI is InChI=1S/C12H15BrN4O2S/c1-9-6-10(2-3-12(9)13)16-20(18,19)11-7-15-17(8-11)5-4-14/h2-3,6-8,16H,4-5,14H2,1H3. The predicted molar refractivity (Wildman–Crippen MR) is 81.0 cm³/mol. The number of rotatable bonds is 5. The summed E-state index contributed by atoms with van der Waals surface area (Å²) < 4.78 is 29.4. The van der Waals surface area contributed by atoms with E-state index in [1.165, 1.54) is 17.1 Å². The van der Waals surface area contributed by atoms with Crippen LogP contribution >= 0.6 is 15.9 Å². The van der Waals surface area contributed by atoms with Crippen LogP contribution in [0.15, 0.2) is 40.0 Å². The highest BCUT2D eigenvalue weighted by Gasteiger charge is 2.16. The summed E-state index contributed by atoms with van der Waals surface area (Å²) >= 11 is 3.37. The van der Waals surface area contributed by atoms with E-state index in [2.05, 4.69) is 25.8 Å². The molecule has 0 aliphatic rings. The average molecular weight is 359 g/mol. The van der Waals surface area contributed by atoms with Gasteiger partial charge in [0.05, 0.1) is 12.7 Å². The topological polar surface area (TPSA) is 90.0 Å². The Morgan fingerprint density at radius 2 is 2.20 bits per heavy atom. The lowest BCUT2D eigenvalue weighted by molar-refractivity contribution is 0.599. The SMILES string of the molecule is Cc1cc(NS(=O)(=O)c2cnn(CCN)c2)ccc1Br. The number of aromatic nitrogens is 2. The van der Waals surface area contributed by atoms with Gasteiger partial charge in [-0.3, -0.25) is 9.40 Å². The number of sulfonamides is 1. The Hall–Kier alpha value is -1.38. The third-order valence-electron chi connectivity index (χ3n) is 2.69. The summed E-state index contributed by atoms with van der Waals surface area (Å²) in [5.74, 6) is 0. The monoisotopic (exact) mass is 358 g/mol. The van der Waals surface area contributed by atoms with Gasteiger partial charge in [0.1, 0.15) is 4.90 Å². The van der Waals surface area contributed by atoms with Crippen molar-refractivity contribution in [1.29, 1.82) is 0 Å².